The van der Waals surface area contributed by atoms with Crippen molar-refractivity contribution >= 4 is 34.7 Å². The number of hydrogen-bond acceptors (Lipinski definition) is 5. The van der Waals surface area contributed by atoms with Crippen LogP contribution in [0.25, 0.3) is 0 Å². The first-order valence-electron chi connectivity index (χ1n) is 10.4. The Morgan fingerprint density at radius 1 is 1.10 bits per heavy atom. The summed E-state index contributed by atoms with van der Waals surface area (Å²) in [4.78, 5) is 20.7. The van der Waals surface area contributed by atoms with Crippen molar-refractivity contribution in [3.8, 4) is 0 Å². The highest BCUT2D eigenvalue weighted by molar-refractivity contribution is 7.98. The highest BCUT2D eigenvalue weighted by atomic mass is 32.2. The number of carbonyl (C=O) groups is 1. The second kappa shape index (κ2) is 10.2. The molecule has 4 rings (SSSR count). The predicted molar refractivity (Wildman–Crippen MR) is 127 cm³/mol. The lowest BCUT2D eigenvalue weighted by molar-refractivity contribution is 0.102. The maximum absolute atomic E-state index is 12.6. The van der Waals surface area contributed by atoms with Crippen LogP contribution in [0.1, 0.15) is 39.5 Å². The van der Waals surface area contributed by atoms with Crippen LogP contribution in [0.3, 0.4) is 0 Å². The number of aromatic nitrogens is 1. The number of anilines is 1. The van der Waals surface area contributed by atoms with Crippen molar-refractivity contribution in [1.29, 1.82) is 0 Å². The fourth-order valence-corrected chi connectivity index (χ4v) is 5.09. The van der Waals surface area contributed by atoms with Gasteiger partial charge in [0.25, 0.3) is 5.91 Å². The van der Waals surface area contributed by atoms with Crippen LogP contribution >= 0.6 is 23.1 Å². The summed E-state index contributed by atoms with van der Waals surface area (Å²) < 4.78 is 0. The zero-order chi connectivity index (χ0) is 20.8. The number of benzene rings is 2. The number of nitrogens with zero attached hydrogens (tertiary/aromatic N) is 2. The lowest BCUT2D eigenvalue weighted by Gasteiger charge is -2.14. The molecule has 156 valence electrons. The molecule has 0 unspecified atom stereocenters. The van der Waals surface area contributed by atoms with Crippen molar-refractivity contribution in [3.63, 3.8) is 0 Å². The average Bonchev–Trinajstić information content (AvgIpc) is 3.44. The van der Waals surface area contributed by atoms with Crippen molar-refractivity contribution < 1.29 is 4.79 Å². The molecule has 1 fully saturated rings. The Labute approximate surface area is 186 Å². The van der Waals surface area contributed by atoms with Gasteiger partial charge in [-0.25, -0.2) is 4.98 Å². The van der Waals surface area contributed by atoms with Gasteiger partial charge in [0.15, 0.2) is 0 Å². The fraction of sp³-hybridized carbons (Fsp3) is 0.333. The summed E-state index contributed by atoms with van der Waals surface area (Å²) in [5.74, 6) is 0.770. The van der Waals surface area contributed by atoms with Crippen LogP contribution in [-0.4, -0.2) is 35.4 Å². The number of thiazole rings is 1. The SMILES string of the molecule is Cc1nc(CSc2ccc(C(=O)Nc3ccc(CCN4CCCC4)cc3)cc2)cs1. The smallest absolute Gasteiger partial charge is 0.255 e. The van der Waals surface area contributed by atoms with Crippen LogP contribution < -0.4 is 5.32 Å². The van der Waals surface area contributed by atoms with Crippen LogP contribution in [0.4, 0.5) is 5.69 Å². The van der Waals surface area contributed by atoms with Gasteiger partial charge in [-0.2, -0.15) is 0 Å². The van der Waals surface area contributed by atoms with Crippen LogP contribution in [0.5, 0.6) is 0 Å². The molecule has 0 atom stereocenters. The molecular weight excluding hydrogens is 410 g/mol. The van der Waals surface area contributed by atoms with Crippen molar-refractivity contribution in [2.24, 2.45) is 0 Å². The number of amides is 1. The molecule has 2 aromatic carbocycles. The molecular formula is C24H27N3OS2. The highest BCUT2D eigenvalue weighted by Gasteiger charge is 2.11. The summed E-state index contributed by atoms with van der Waals surface area (Å²) in [5.41, 5.74) is 3.93. The largest absolute Gasteiger partial charge is 0.322 e. The number of hydrogen-bond donors (Lipinski definition) is 1. The lowest BCUT2D eigenvalue weighted by Crippen LogP contribution is -2.21. The Balaban J connectivity index is 1.26. The molecule has 4 nitrogen and oxygen atoms in total. The molecule has 1 amide bonds. The first kappa shape index (κ1) is 21.1. The third-order valence-electron chi connectivity index (χ3n) is 5.30. The van der Waals surface area contributed by atoms with E-state index in [9.17, 15) is 4.79 Å². The van der Waals surface area contributed by atoms with Gasteiger partial charge in [0, 0.05) is 33.8 Å². The van der Waals surface area contributed by atoms with E-state index in [0.717, 1.165) is 40.0 Å². The molecule has 0 aliphatic carbocycles. The van der Waals surface area contributed by atoms with E-state index in [1.807, 2.05) is 43.3 Å². The number of rotatable bonds is 8. The summed E-state index contributed by atoms with van der Waals surface area (Å²) in [6, 6.07) is 16.0. The molecule has 6 heteroatoms. The molecule has 1 aliphatic rings. The topological polar surface area (TPSA) is 45.2 Å². The average molecular weight is 438 g/mol. The third kappa shape index (κ3) is 5.94. The van der Waals surface area contributed by atoms with Gasteiger partial charge in [-0.1, -0.05) is 12.1 Å². The number of thioether (sulfide) groups is 1. The van der Waals surface area contributed by atoms with Crippen molar-refractivity contribution in [2.75, 3.05) is 25.0 Å². The van der Waals surface area contributed by atoms with Gasteiger partial charge in [-0.15, -0.1) is 23.1 Å². The van der Waals surface area contributed by atoms with Crippen molar-refractivity contribution in [3.05, 3.63) is 75.7 Å². The number of aryl methyl sites for hydroxylation is 1. The molecule has 30 heavy (non-hydrogen) atoms. The first-order chi connectivity index (χ1) is 14.7. The van der Waals surface area contributed by atoms with E-state index in [2.05, 4.69) is 32.7 Å². The van der Waals surface area contributed by atoms with Crippen molar-refractivity contribution in [2.45, 2.75) is 36.8 Å². The van der Waals surface area contributed by atoms with E-state index in [4.69, 9.17) is 0 Å². The zero-order valence-corrected chi connectivity index (χ0v) is 18.9. The molecule has 1 N–H and O–H groups in total. The number of nitrogens with one attached hydrogen (secondary N) is 1. The van der Waals surface area contributed by atoms with Gasteiger partial charge >= 0.3 is 0 Å². The fourth-order valence-electron chi connectivity index (χ4n) is 3.59. The van der Waals surface area contributed by atoms with E-state index in [-0.39, 0.29) is 5.91 Å². The van der Waals surface area contributed by atoms with E-state index < -0.39 is 0 Å². The normalized spacial score (nSPS) is 14.2. The summed E-state index contributed by atoms with van der Waals surface area (Å²) >= 11 is 3.41. The standard InChI is InChI=1S/C24H27N3OS2/c1-18-25-22(16-29-18)17-30-23-10-6-20(7-11-23)24(28)26-21-8-4-19(5-9-21)12-15-27-13-2-3-14-27/h4-11,16H,2-3,12-15,17H2,1H3,(H,26,28). The van der Waals surface area contributed by atoms with Gasteiger partial charge in [0.2, 0.25) is 0 Å². The maximum Gasteiger partial charge on any atom is 0.255 e. The second-order valence-corrected chi connectivity index (χ2v) is 9.73. The highest BCUT2D eigenvalue weighted by Crippen LogP contribution is 2.24. The van der Waals surface area contributed by atoms with E-state index in [1.54, 1.807) is 23.1 Å². The Bertz CT molecular complexity index is 961. The minimum atomic E-state index is -0.0773. The monoisotopic (exact) mass is 437 g/mol. The lowest BCUT2D eigenvalue weighted by atomic mass is 10.1. The predicted octanol–water partition coefficient (Wildman–Crippen LogP) is 5.63. The number of carbonyl (C=O) groups excluding carboxylic acids is 1. The Morgan fingerprint density at radius 2 is 1.83 bits per heavy atom. The molecule has 1 aliphatic heterocycles. The van der Waals surface area contributed by atoms with Gasteiger partial charge < -0.3 is 10.2 Å². The summed E-state index contributed by atoms with van der Waals surface area (Å²) in [5, 5.41) is 6.19. The van der Waals surface area contributed by atoms with Crippen LogP contribution in [0.2, 0.25) is 0 Å². The molecule has 0 spiro atoms. The Hall–Kier alpha value is -2.15. The van der Waals surface area contributed by atoms with Crippen LogP contribution in [0.15, 0.2) is 58.8 Å². The third-order valence-corrected chi connectivity index (χ3v) is 7.16. The zero-order valence-electron chi connectivity index (χ0n) is 17.3. The van der Waals surface area contributed by atoms with Gasteiger partial charge in [0.05, 0.1) is 10.7 Å². The van der Waals surface area contributed by atoms with Crippen molar-refractivity contribution in [1.82, 2.24) is 9.88 Å². The maximum atomic E-state index is 12.6. The van der Waals surface area contributed by atoms with Crippen LogP contribution in [0, 0.1) is 6.92 Å². The van der Waals surface area contributed by atoms with Crippen LogP contribution in [-0.2, 0) is 12.2 Å². The van der Waals surface area contributed by atoms with Gasteiger partial charge in [-0.05, 0) is 81.2 Å². The molecule has 1 aromatic heterocycles. The van der Waals surface area contributed by atoms with E-state index in [1.165, 1.54) is 31.5 Å². The molecule has 2 heterocycles. The minimum absolute atomic E-state index is 0.0773. The minimum Gasteiger partial charge on any atom is -0.322 e. The molecule has 0 saturated carbocycles. The Kier molecular flexibility index (Phi) is 7.20. The molecule has 0 bridgehead atoms. The van der Waals surface area contributed by atoms with Gasteiger partial charge in [-0.3, -0.25) is 4.79 Å². The Morgan fingerprint density at radius 3 is 2.50 bits per heavy atom. The summed E-state index contributed by atoms with van der Waals surface area (Å²) in [7, 11) is 0. The molecule has 3 aromatic rings. The van der Waals surface area contributed by atoms with E-state index >= 15 is 0 Å². The summed E-state index contributed by atoms with van der Waals surface area (Å²) in [6.07, 6.45) is 3.72. The number of likely N-dealkylation sites (tertiary alicyclic amines) is 1. The molecule has 0 radical (unpaired) electrons. The quantitative estimate of drug-likeness (QED) is 0.464. The second-order valence-electron chi connectivity index (χ2n) is 7.62. The van der Waals surface area contributed by atoms with Gasteiger partial charge in [0.1, 0.15) is 0 Å². The summed E-state index contributed by atoms with van der Waals surface area (Å²) in [6.45, 7) is 5.61. The van der Waals surface area contributed by atoms with E-state index in [0.29, 0.717) is 5.56 Å². The first-order valence-corrected chi connectivity index (χ1v) is 12.3. The molecule has 1 saturated heterocycles.